The lowest BCUT2D eigenvalue weighted by molar-refractivity contribution is -0.136. The van der Waals surface area contributed by atoms with Crippen molar-refractivity contribution in [2.45, 2.75) is 44.7 Å². The molecule has 0 aliphatic carbocycles. The molecule has 0 spiro atoms. The summed E-state index contributed by atoms with van der Waals surface area (Å²) in [7, 11) is 0. The minimum atomic E-state index is -0.599. The van der Waals surface area contributed by atoms with Crippen LogP contribution in [0.15, 0.2) is 89.4 Å². The summed E-state index contributed by atoms with van der Waals surface area (Å²) < 4.78 is 14.6. The molecule has 3 aliphatic rings. The van der Waals surface area contributed by atoms with E-state index in [-0.39, 0.29) is 29.9 Å². The van der Waals surface area contributed by atoms with Crippen molar-refractivity contribution in [3.63, 3.8) is 0 Å². The van der Waals surface area contributed by atoms with Crippen LogP contribution in [-0.4, -0.2) is 71.5 Å². The topological polar surface area (TPSA) is 120 Å². The monoisotopic (exact) mass is 808 g/mol. The molecule has 2 fully saturated rings. The summed E-state index contributed by atoms with van der Waals surface area (Å²) in [4.78, 5) is 42.0. The molecule has 1 atom stereocenters. The van der Waals surface area contributed by atoms with E-state index in [1.165, 1.54) is 0 Å². The average molecular weight is 810 g/mol. The summed E-state index contributed by atoms with van der Waals surface area (Å²) in [6.07, 6.45) is 3.98. The number of nitrogens with one attached hydrogen (secondary N) is 2. The molecule has 5 aromatic rings. The number of imide groups is 1. The lowest BCUT2D eigenvalue weighted by Crippen LogP contribution is -2.52. The highest BCUT2D eigenvalue weighted by Gasteiger charge is 2.39. The van der Waals surface area contributed by atoms with Gasteiger partial charge in [-0.2, -0.15) is 0 Å². The number of aromatic hydroxyl groups is 1. The molecule has 3 aliphatic heterocycles. The first kappa shape index (κ1) is 36.1. The minimum Gasteiger partial charge on any atom is -0.508 e. The SMILES string of the molecule is O=C1CCC(N2Cc3cc(NCCC4CCN(CCOc5ccc(Oc6c(-c7ccc(Br)cc7)sc7cc(O)ccc67)cc5)CC4)ccc3C2=O)C(=O)N1. The number of ether oxygens (including phenoxy) is 2. The molecule has 4 aromatic carbocycles. The standard InChI is InChI=1S/C42H41BrN4O6S/c43-29-3-1-27(2-4-29)40-39(35-12-6-31(48)24-37(35)54-40)53-33-9-7-32(8-10-33)52-22-21-46-19-16-26(17-20-46)15-18-44-30-5-11-34-28(23-30)25-47(42(34)51)36-13-14-38(49)45-41(36)50/h1-12,23-24,26,36,44,48H,13-22,25H2,(H,45,49,50). The number of carbonyl (C=O) groups excluding carboxylic acids is 3. The second-order valence-corrected chi connectivity index (χ2v) is 16.1. The van der Waals surface area contributed by atoms with Crippen LogP contribution in [0.5, 0.6) is 23.0 Å². The summed E-state index contributed by atoms with van der Waals surface area (Å²) >= 11 is 5.11. The van der Waals surface area contributed by atoms with Crippen LogP contribution in [0, 0.1) is 5.92 Å². The molecule has 54 heavy (non-hydrogen) atoms. The highest BCUT2D eigenvalue weighted by Crippen LogP contribution is 2.47. The summed E-state index contributed by atoms with van der Waals surface area (Å²) in [6.45, 7) is 4.82. The van der Waals surface area contributed by atoms with E-state index in [9.17, 15) is 19.5 Å². The second kappa shape index (κ2) is 15.8. The first-order valence-corrected chi connectivity index (χ1v) is 20.0. The molecule has 1 aromatic heterocycles. The summed E-state index contributed by atoms with van der Waals surface area (Å²) in [6, 6.07) is 26.5. The number of nitrogens with zero attached hydrogens (tertiary/aromatic N) is 2. The lowest BCUT2D eigenvalue weighted by Gasteiger charge is -2.32. The highest BCUT2D eigenvalue weighted by atomic mass is 79.9. The third kappa shape index (κ3) is 7.96. The van der Waals surface area contributed by atoms with Gasteiger partial charge in [0.15, 0.2) is 5.75 Å². The number of hydrogen-bond acceptors (Lipinski definition) is 9. The zero-order valence-corrected chi connectivity index (χ0v) is 32.1. The number of benzene rings is 4. The van der Waals surface area contributed by atoms with Gasteiger partial charge in [-0.25, -0.2) is 0 Å². The average Bonchev–Trinajstić information content (AvgIpc) is 3.69. The van der Waals surface area contributed by atoms with Crippen LogP contribution >= 0.6 is 27.3 Å². The van der Waals surface area contributed by atoms with Crippen molar-refractivity contribution >= 4 is 60.8 Å². The first-order chi connectivity index (χ1) is 26.3. The van der Waals surface area contributed by atoms with E-state index in [0.717, 1.165) is 93.2 Å². The molecule has 0 radical (unpaired) electrons. The molecule has 2 saturated heterocycles. The number of likely N-dealkylation sites (tertiary alicyclic amines) is 1. The van der Waals surface area contributed by atoms with Crippen molar-refractivity contribution in [1.29, 1.82) is 0 Å². The third-order valence-electron chi connectivity index (χ3n) is 10.6. The van der Waals surface area contributed by atoms with Crippen molar-refractivity contribution in [2.24, 2.45) is 5.92 Å². The number of hydrogen-bond donors (Lipinski definition) is 3. The van der Waals surface area contributed by atoms with E-state index in [1.807, 2.05) is 60.7 Å². The molecular weight excluding hydrogens is 768 g/mol. The number of piperidine rings is 2. The van der Waals surface area contributed by atoms with Gasteiger partial charge in [-0.15, -0.1) is 11.3 Å². The lowest BCUT2D eigenvalue weighted by atomic mass is 9.93. The molecule has 278 valence electrons. The van der Waals surface area contributed by atoms with Crippen LogP contribution in [0.4, 0.5) is 5.69 Å². The van der Waals surface area contributed by atoms with Gasteiger partial charge in [-0.3, -0.25) is 24.6 Å². The molecule has 12 heteroatoms. The smallest absolute Gasteiger partial charge is 0.255 e. The third-order valence-corrected chi connectivity index (χ3v) is 12.3. The molecule has 10 nitrogen and oxygen atoms in total. The van der Waals surface area contributed by atoms with E-state index in [1.54, 1.807) is 28.4 Å². The molecule has 0 saturated carbocycles. The maximum atomic E-state index is 13.0. The number of thiophene rings is 1. The Balaban J connectivity index is 0.769. The Bertz CT molecular complexity index is 2180. The van der Waals surface area contributed by atoms with Crippen LogP contribution in [0.25, 0.3) is 20.5 Å². The van der Waals surface area contributed by atoms with Crippen LogP contribution in [0.3, 0.4) is 0 Å². The molecule has 0 bridgehead atoms. The van der Waals surface area contributed by atoms with E-state index in [0.29, 0.717) is 36.8 Å². The predicted octanol–water partition coefficient (Wildman–Crippen LogP) is 8.18. The fourth-order valence-electron chi connectivity index (χ4n) is 7.57. The van der Waals surface area contributed by atoms with Crippen molar-refractivity contribution in [2.75, 3.05) is 38.1 Å². The van der Waals surface area contributed by atoms with Crippen LogP contribution in [0.2, 0.25) is 0 Å². The van der Waals surface area contributed by atoms with Gasteiger partial charge in [-0.1, -0.05) is 28.1 Å². The van der Waals surface area contributed by atoms with Gasteiger partial charge >= 0.3 is 0 Å². The van der Waals surface area contributed by atoms with E-state index in [4.69, 9.17) is 9.47 Å². The molecule has 8 rings (SSSR count). The minimum absolute atomic E-state index is 0.148. The number of fused-ring (bicyclic) bond motifs is 2. The van der Waals surface area contributed by atoms with Crippen LogP contribution in [0.1, 0.15) is 48.0 Å². The number of anilines is 1. The van der Waals surface area contributed by atoms with E-state index in [2.05, 4.69) is 43.6 Å². The number of halogens is 1. The number of rotatable bonds is 12. The molecular formula is C42H41BrN4O6S. The summed E-state index contributed by atoms with van der Waals surface area (Å²) in [5.74, 6) is 2.35. The zero-order valence-electron chi connectivity index (χ0n) is 29.7. The quantitative estimate of drug-likeness (QED) is 0.108. The Morgan fingerprint density at radius 2 is 1.69 bits per heavy atom. The predicted molar refractivity (Wildman–Crippen MR) is 213 cm³/mol. The zero-order chi connectivity index (χ0) is 37.2. The molecule has 4 heterocycles. The fraction of sp³-hybridized carbons (Fsp3) is 0.310. The Hall–Kier alpha value is -4.91. The summed E-state index contributed by atoms with van der Waals surface area (Å²) in [5, 5.41) is 16.9. The first-order valence-electron chi connectivity index (χ1n) is 18.4. The fourth-order valence-corrected chi connectivity index (χ4v) is 9.01. The number of amides is 3. The van der Waals surface area contributed by atoms with Gasteiger partial charge < -0.3 is 24.8 Å². The van der Waals surface area contributed by atoms with Crippen LogP contribution < -0.4 is 20.1 Å². The van der Waals surface area contributed by atoms with Crippen molar-refractivity contribution < 1.29 is 29.0 Å². The van der Waals surface area contributed by atoms with E-state index < -0.39 is 6.04 Å². The van der Waals surface area contributed by atoms with Gasteiger partial charge in [0.05, 0.1) is 4.88 Å². The largest absolute Gasteiger partial charge is 0.508 e. The Morgan fingerprint density at radius 1 is 0.907 bits per heavy atom. The van der Waals surface area contributed by atoms with Gasteiger partial charge in [0.2, 0.25) is 11.8 Å². The maximum Gasteiger partial charge on any atom is 0.255 e. The van der Waals surface area contributed by atoms with Crippen LogP contribution in [-0.2, 0) is 16.1 Å². The molecule has 3 amide bonds. The summed E-state index contributed by atoms with van der Waals surface area (Å²) in [5.41, 5.74) is 3.57. The Morgan fingerprint density at radius 3 is 2.46 bits per heavy atom. The number of phenols is 1. The van der Waals surface area contributed by atoms with Gasteiger partial charge in [0.1, 0.15) is 29.9 Å². The second-order valence-electron chi connectivity index (χ2n) is 14.1. The Kier molecular flexibility index (Phi) is 10.6. The van der Waals surface area contributed by atoms with Crippen molar-refractivity contribution in [1.82, 2.24) is 15.1 Å². The maximum absolute atomic E-state index is 13.0. The normalized spacial score (nSPS) is 17.8. The number of carbonyl (C=O) groups is 3. The Labute approximate surface area is 326 Å². The van der Waals surface area contributed by atoms with Gasteiger partial charge in [0.25, 0.3) is 5.91 Å². The highest BCUT2D eigenvalue weighted by molar-refractivity contribution is 9.10. The van der Waals surface area contributed by atoms with E-state index >= 15 is 0 Å². The van der Waals surface area contributed by atoms with Gasteiger partial charge in [-0.05, 0) is 129 Å². The van der Waals surface area contributed by atoms with Crippen molar-refractivity contribution in [3.05, 3.63) is 101 Å². The molecule has 3 N–H and O–H groups in total. The van der Waals surface area contributed by atoms with Gasteiger partial charge in [0, 0.05) is 51.9 Å². The molecule has 1 unspecified atom stereocenters. The number of phenolic OH excluding ortho intramolecular Hbond substituents is 1. The van der Waals surface area contributed by atoms with Crippen molar-refractivity contribution in [3.8, 4) is 33.4 Å².